The number of carboxylic acid groups (broad SMARTS) is 1. The van der Waals surface area contributed by atoms with E-state index in [2.05, 4.69) is 20.8 Å². The highest BCUT2D eigenvalue weighted by molar-refractivity contribution is 8.17. The number of rotatable bonds is 4. The van der Waals surface area contributed by atoms with Crippen LogP contribution in [0.4, 0.5) is 0 Å². The van der Waals surface area contributed by atoms with E-state index >= 15 is 0 Å². The zero-order valence-electron chi connectivity index (χ0n) is 12.9. The fraction of sp³-hybridized carbons (Fsp3) is 0.714. The molecular weight excluding hydrogens is 310 g/mol. The molecule has 0 spiro atoms. The number of β-lactam (4-membered cyclic amide) rings is 1. The summed E-state index contributed by atoms with van der Waals surface area (Å²) >= 11 is 3.01. The third-order valence-electron chi connectivity index (χ3n) is 3.55. The number of nitrogens with zero attached hydrogens (tertiary/aromatic N) is 1. The summed E-state index contributed by atoms with van der Waals surface area (Å²) in [6, 6.07) is 0. The number of carbonyl (C=O) groups excluding carboxylic acids is 1. The van der Waals surface area contributed by atoms with Crippen LogP contribution in [-0.4, -0.2) is 50.8 Å². The molecule has 0 aliphatic carbocycles. The summed E-state index contributed by atoms with van der Waals surface area (Å²) in [5, 5.41) is 8.84. The van der Waals surface area contributed by atoms with E-state index in [4.69, 9.17) is 9.84 Å². The van der Waals surface area contributed by atoms with Crippen molar-refractivity contribution in [3.63, 3.8) is 0 Å². The Bertz CT molecular complexity index is 498. The number of amides is 1. The molecule has 2 aliphatic heterocycles. The average molecular weight is 331 g/mol. The first-order valence-electron chi connectivity index (χ1n) is 6.74. The third kappa shape index (κ3) is 2.96. The van der Waals surface area contributed by atoms with Crippen molar-refractivity contribution >= 4 is 35.4 Å². The number of thioether (sulfide) groups is 2. The maximum absolute atomic E-state index is 12.3. The van der Waals surface area contributed by atoms with E-state index in [0.717, 1.165) is 11.3 Å². The van der Waals surface area contributed by atoms with Gasteiger partial charge in [-0.15, -0.1) is 23.5 Å². The Morgan fingerprint density at radius 1 is 1.48 bits per heavy atom. The minimum absolute atomic E-state index is 0.000889. The molecule has 0 saturated carbocycles. The van der Waals surface area contributed by atoms with Gasteiger partial charge in [-0.2, -0.15) is 0 Å². The van der Waals surface area contributed by atoms with Crippen LogP contribution in [0.5, 0.6) is 0 Å². The summed E-state index contributed by atoms with van der Waals surface area (Å²) in [4.78, 5) is 24.9. The lowest BCUT2D eigenvalue weighted by Crippen LogP contribution is -2.66. The Labute approximate surface area is 133 Å². The molecule has 0 aromatic heterocycles. The fourth-order valence-corrected chi connectivity index (χ4v) is 5.60. The zero-order chi connectivity index (χ0) is 15.9. The van der Waals surface area contributed by atoms with Crippen molar-refractivity contribution in [2.24, 2.45) is 5.41 Å². The van der Waals surface area contributed by atoms with Gasteiger partial charge in [-0.05, 0) is 12.5 Å². The Kier molecular flexibility index (Phi) is 4.66. The molecule has 2 aliphatic rings. The van der Waals surface area contributed by atoms with Gasteiger partial charge in [-0.1, -0.05) is 20.8 Å². The SMILES string of the molecule is CO[C@H]1C(=O)N2C(C(C)(C)C)=C(C)C(SCC(=O)O)S[C@@H]12. The molecule has 1 N–H and O–H groups in total. The third-order valence-corrected chi connectivity index (χ3v) is 6.70. The Morgan fingerprint density at radius 2 is 2.10 bits per heavy atom. The fourth-order valence-electron chi connectivity index (χ4n) is 2.82. The van der Waals surface area contributed by atoms with Crippen LogP contribution in [0.3, 0.4) is 0 Å². The van der Waals surface area contributed by atoms with Crippen LogP contribution >= 0.6 is 23.5 Å². The van der Waals surface area contributed by atoms with Crippen LogP contribution in [0.15, 0.2) is 11.3 Å². The molecule has 0 aromatic rings. The van der Waals surface area contributed by atoms with Gasteiger partial charge in [0, 0.05) is 18.2 Å². The zero-order valence-corrected chi connectivity index (χ0v) is 14.5. The van der Waals surface area contributed by atoms with Gasteiger partial charge < -0.3 is 9.84 Å². The lowest BCUT2D eigenvalue weighted by Gasteiger charge is -2.54. The second-order valence-electron chi connectivity index (χ2n) is 6.21. The van der Waals surface area contributed by atoms with Crippen molar-refractivity contribution in [2.75, 3.05) is 12.9 Å². The van der Waals surface area contributed by atoms with Crippen LogP contribution < -0.4 is 0 Å². The summed E-state index contributed by atoms with van der Waals surface area (Å²) in [6.07, 6.45) is -0.423. The molecular formula is C14H21NO4S2. The van der Waals surface area contributed by atoms with Crippen molar-refractivity contribution in [3.05, 3.63) is 11.3 Å². The molecule has 21 heavy (non-hydrogen) atoms. The second-order valence-corrected chi connectivity index (χ2v) is 8.83. The normalized spacial score (nSPS) is 29.3. The smallest absolute Gasteiger partial charge is 0.313 e. The van der Waals surface area contributed by atoms with Crippen molar-refractivity contribution in [3.8, 4) is 0 Å². The minimum atomic E-state index is -0.818. The van der Waals surface area contributed by atoms with E-state index in [1.54, 1.807) is 18.9 Å². The van der Waals surface area contributed by atoms with Crippen LogP contribution in [0.2, 0.25) is 0 Å². The van der Waals surface area contributed by atoms with Crippen molar-refractivity contribution in [1.82, 2.24) is 4.90 Å². The summed E-state index contributed by atoms with van der Waals surface area (Å²) in [5.74, 6) is -0.757. The molecule has 0 aromatic carbocycles. The predicted molar refractivity (Wildman–Crippen MR) is 85.1 cm³/mol. The van der Waals surface area contributed by atoms with E-state index in [9.17, 15) is 9.59 Å². The number of hydrogen-bond acceptors (Lipinski definition) is 5. The maximum Gasteiger partial charge on any atom is 0.313 e. The molecule has 1 unspecified atom stereocenters. The molecule has 7 heteroatoms. The highest BCUT2D eigenvalue weighted by atomic mass is 32.2. The summed E-state index contributed by atoms with van der Waals surface area (Å²) < 4.78 is 5.32. The monoisotopic (exact) mass is 331 g/mol. The number of carbonyl (C=O) groups is 2. The van der Waals surface area contributed by atoms with Gasteiger partial charge in [0.15, 0.2) is 6.10 Å². The Hall–Kier alpha value is -0.660. The second kappa shape index (κ2) is 5.85. The van der Waals surface area contributed by atoms with E-state index in [0.29, 0.717) is 0 Å². The first kappa shape index (κ1) is 16.7. The highest BCUT2D eigenvalue weighted by Gasteiger charge is 2.55. The molecule has 1 fully saturated rings. The largest absolute Gasteiger partial charge is 0.481 e. The molecule has 2 rings (SSSR count). The van der Waals surface area contributed by atoms with Gasteiger partial charge >= 0.3 is 5.97 Å². The molecule has 1 amide bonds. The number of allylic oxidation sites excluding steroid dienone is 1. The van der Waals surface area contributed by atoms with E-state index < -0.39 is 12.1 Å². The van der Waals surface area contributed by atoms with Gasteiger partial charge in [-0.25, -0.2) is 0 Å². The molecule has 3 atom stereocenters. The van der Waals surface area contributed by atoms with Gasteiger partial charge in [-0.3, -0.25) is 14.5 Å². The van der Waals surface area contributed by atoms with Crippen molar-refractivity contribution in [1.29, 1.82) is 0 Å². The Morgan fingerprint density at radius 3 is 2.57 bits per heavy atom. The lowest BCUT2D eigenvalue weighted by molar-refractivity contribution is -0.160. The van der Waals surface area contributed by atoms with Crippen LogP contribution in [0.25, 0.3) is 0 Å². The summed E-state index contributed by atoms with van der Waals surface area (Å²) in [5.41, 5.74) is 1.92. The first-order valence-corrected chi connectivity index (χ1v) is 8.73. The van der Waals surface area contributed by atoms with E-state index in [1.165, 1.54) is 11.8 Å². The molecule has 0 radical (unpaired) electrons. The summed E-state index contributed by atoms with van der Waals surface area (Å²) in [7, 11) is 1.54. The van der Waals surface area contributed by atoms with Gasteiger partial charge in [0.2, 0.25) is 0 Å². The quantitative estimate of drug-likeness (QED) is 0.798. The molecule has 118 valence electrons. The van der Waals surface area contributed by atoms with Crippen molar-refractivity contribution < 1.29 is 19.4 Å². The lowest BCUT2D eigenvalue weighted by atomic mass is 9.85. The first-order chi connectivity index (χ1) is 9.68. The molecule has 2 heterocycles. The maximum atomic E-state index is 12.3. The minimum Gasteiger partial charge on any atom is -0.481 e. The highest BCUT2D eigenvalue weighted by Crippen LogP contribution is 2.52. The van der Waals surface area contributed by atoms with Gasteiger partial charge in [0.1, 0.15) is 5.37 Å². The number of carboxylic acids is 1. The van der Waals surface area contributed by atoms with Gasteiger partial charge in [0.05, 0.1) is 10.3 Å². The molecule has 1 saturated heterocycles. The van der Waals surface area contributed by atoms with Crippen LogP contribution in [0, 0.1) is 5.41 Å². The number of aliphatic carboxylic acids is 1. The Balaban J connectivity index is 2.33. The number of methoxy groups -OCH3 is 1. The summed E-state index contributed by atoms with van der Waals surface area (Å²) in [6.45, 7) is 8.22. The van der Waals surface area contributed by atoms with Crippen molar-refractivity contribution in [2.45, 2.75) is 43.8 Å². The molecule has 5 nitrogen and oxygen atoms in total. The van der Waals surface area contributed by atoms with Crippen LogP contribution in [0.1, 0.15) is 27.7 Å². The number of ether oxygens (including phenoxy) is 1. The molecule has 0 bridgehead atoms. The number of fused-ring (bicyclic) bond motifs is 1. The van der Waals surface area contributed by atoms with E-state index in [-0.39, 0.29) is 27.0 Å². The van der Waals surface area contributed by atoms with E-state index in [1.807, 2.05) is 11.8 Å². The topological polar surface area (TPSA) is 66.8 Å². The standard InChI is InChI=1S/C14H21NO4S2/c1-7-10(14(2,3)4)15-11(18)9(19-5)12(15)21-13(7)20-6-8(16)17/h9,12-13H,6H2,1-5H3,(H,16,17)/t9-,12-,13?/m0/s1. The predicted octanol–water partition coefficient (Wildman–Crippen LogP) is 2.38. The van der Waals surface area contributed by atoms with Gasteiger partial charge in [0.25, 0.3) is 5.91 Å². The average Bonchev–Trinajstić information content (AvgIpc) is 2.36. The number of hydrogen-bond donors (Lipinski definition) is 1. The van der Waals surface area contributed by atoms with Crippen LogP contribution in [-0.2, 0) is 14.3 Å².